The summed E-state index contributed by atoms with van der Waals surface area (Å²) in [6.45, 7) is 3.98. The van der Waals surface area contributed by atoms with Gasteiger partial charge in [-0.3, -0.25) is 0 Å². The Hall–Kier alpha value is -0.710. The Labute approximate surface area is 118 Å². The molecule has 2 N–H and O–H groups in total. The average molecular weight is 279 g/mol. The van der Waals surface area contributed by atoms with Crippen molar-refractivity contribution < 1.29 is 9.94 Å². The number of thioether (sulfide) groups is 1. The number of aryl methyl sites for hydroxylation is 1. The van der Waals surface area contributed by atoms with E-state index in [0.29, 0.717) is 10.5 Å². The van der Waals surface area contributed by atoms with Gasteiger partial charge < -0.3 is 9.94 Å². The fourth-order valence-electron chi connectivity index (χ4n) is 3.34. The molecule has 19 heavy (non-hydrogen) atoms. The highest BCUT2D eigenvalue weighted by Crippen LogP contribution is 2.58. The van der Waals surface area contributed by atoms with Gasteiger partial charge >= 0.3 is 0 Å². The van der Waals surface area contributed by atoms with Crippen LogP contribution in [0.15, 0.2) is 11.0 Å². The summed E-state index contributed by atoms with van der Waals surface area (Å²) in [4.78, 5) is 6.50. The van der Waals surface area contributed by atoms with Gasteiger partial charge in [-0.2, -0.15) is 5.48 Å². The lowest BCUT2D eigenvalue weighted by Crippen LogP contribution is -2.41. The molecule has 0 aromatic heterocycles. The SMILES string of the molecule is CONC1CC2(CCC2)Sc2cc(C)c(O)c(C)c21. The van der Waals surface area contributed by atoms with Crippen LogP contribution < -0.4 is 5.48 Å². The van der Waals surface area contributed by atoms with Gasteiger partial charge in [0.15, 0.2) is 0 Å². The molecule has 1 aliphatic heterocycles. The number of benzene rings is 1. The van der Waals surface area contributed by atoms with E-state index >= 15 is 0 Å². The van der Waals surface area contributed by atoms with E-state index in [4.69, 9.17) is 4.84 Å². The molecule has 3 nitrogen and oxygen atoms in total. The number of phenols is 1. The summed E-state index contributed by atoms with van der Waals surface area (Å²) in [5.74, 6) is 0.423. The van der Waals surface area contributed by atoms with Crippen LogP contribution in [0.2, 0.25) is 0 Å². The molecule has 104 valence electrons. The maximum atomic E-state index is 10.2. The quantitative estimate of drug-likeness (QED) is 0.811. The predicted octanol–water partition coefficient (Wildman–Crippen LogP) is 3.62. The van der Waals surface area contributed by atoms with Gasteiger partial charge in [-0.25, -0.2) is 0 Å². The number of hydrogen-bond donors (Lipinski definition) is 2. The number of fused-ring (bicyclic) bond motifs is 1. The molecule has 1 unspecified atom stereocenters. The molecule has 0 bridgehead atoms. The molecule has 1 spiro atoms. The zero-order valence-corrected chi connectivity index (χ0v) is 12.6. The standard InChI is InChI=1S/C15H21NO2S/c1-9-7-12-13(10(2)14(9)17)11(16-18-3)8-15(19-12)5-4-6-15/h7,11,16-17H,4-6,8H2,1-3H3. The van der Waals surface area contributed by atoms with Crippen LogP contribution in [0.4, 0.5) is 0 Å². The summed E-state index contributed by atoms with van der Waals surface area (Å²) in [7, 11) is 1.66. The highest BCUT2D eigenvalue weighted by Gasteiger charge is 2.45. The molecule has 1 aromatic rings. The molecule has 1 heterocycles. The Balaban J connectivity index is 2.08. The van der Waals surface area contributed by atoms with Crippen molar-refractivity contribution in [2.24, 2.45) is 0 Å². The fraction of sp³-hybridized carbons (Fsp3) is 0.600. The minimum absolute atomic E-state index is 0.188. The van der Waals surface area contributed by atoms with Gasteiger partial charge in [-0.1, -0.05) is 6.42 Å². The van der Waals surface area contributed by atoms with E-state index in [1.54, 1.807) is 7.11 Å². The van der Waals surface area contributed by atoms with Crippen molar-refractivity contribution >= 4 is 11.8 Å². The van der Waals surface area contributed by atoms with Crippen molar-refractivity contribution in [2.75, 3.05) is 7.11 Å². The lowest BCUT2D eigenvalue weighted by molar-refractivity contribution is 0.0480. The number of phenolic OH excluding ortho intramolecular Hbond substituents is 1. The number of hydrogen-bond acceptors (Lipinski definition) is 4. The molecular weight excluding hydrogens is 258 g/mol. The van der Waals surface area contributed by atoms with Crippen molar-refractivity contribution in [3.8, 4) is 5.75 Å². The average Bonchev–Trinajstić information content (AvgIpc) is 2.34. The molecule has 3 rings (SSSR count). The van der Waals surface area contributed by atoms with Crippen LogP contribution in [0.3, 0.4) is 0 Å². The van der Waals surface area contributed by atoms with Gasteiger partial charge in [0.2, 0.25) is 0 Å². The summed E-state index contributed by atoms with van der Waals surface area (Å²) < 4.78 is 0.388. The summed E-state index contributed by atoms with van der Waals surface area (Å²) in [6, 6.07) is 2.32. The number of hydroxylamine groups is 1. The minimum Gasteiger partial charge on any atom is -0.507 e. The van der Waals surface area contributed by atoms with E-state index in [0.717, 1.165) is 17.5 Å². The summed E-state index contributed by atoms with van der Waals surface area (Å²) in [5.41, 5.74) is 6.30. The smallest absolute Gasteiger partial charge is 0.121 e. The van der Waals surface area contributed by atoms with Crippen LogP contribution in [0.5, 0.6) is 5.75 Å². The summed E-state index contributed by atoms with van der Waals surface area (Å²) in [6.07, 6.45) is 5.00. The molecule has 2 aliphatic rings. The van der Waals surface area contributed by atoms with Crippen LogP contribution >= 0.6 is 11.8 Å². The second-order valence-electron chi connectivity index (χ2n) is 5.80. The Morgan fingerprint density at radius 3 is 2.74 bits per heavy atom. The first-order valence-corrected chi connectivity index (χ1v) is 7.68. The van der Waals surface area contributed by atoms with Crippen molar-refractivity contribution in [1.82, 2.24) is 5.48 Å². The van der Waals surface area contributed by atoms with Gasteiger partial charge in [-0.15, -0.1) is 11.8 Å². The molecular formula is C15H21NO2S. The van der Waals surface area contributed by atoms with E-state index in [9.17, 15) is 5.11 Å². The third-order valence-corrected chi connectivity index (χ3v) is 6.09. The van der Waals surface area contributed by atoms with Crippen molar-refractivity contribution in [1.29, 1.82) is 0 Å². The van der Waals surface area contributed by atoms with E-state index < -0.39 is 0 Å². The maximum Gasteiger partial charge on any atom is 0.121 e. The molecule has 1 aromatic carbocycles. The molecule has 1 atom stereocenters. The number of nitrogens with one attached hydrogen (secondary N) is 1. The van der Waals surface area contributed by atoms with Gasteiger partial charge in [0.25, 0.3) is 0 Å². The normalized spacial score (nSPS) is 24.1. The van der Waals surface area contributed by atoms with Gasteiger partial charge in [-0.05, 0) is 55.9 Å². The van der Waals surface area contributed by atoms with Crippen LogP contribution in [-0.2, 0) is 4.84 Å². The van der Waals surface area contributed by atoms with E-state index in [2.05, 4.69) is 11.5 Å². The Morgan fingerprint density at radius 1 is 1.42 bits per heavy atom. The lowest BCUT2D eigenvalue weighted by atomic mass is 9.77. The van der Waals surface area contributed by atoms with E-state index in [-0.39, 0.29) is 6.04 Å². The lowest BCUT2D eigenvalue weighted by Gasteiger charge is -2.47. The highest BCUT2D eigenvalue weighted by molar-refractivity contribution is 8.00. The van der Waals surface area contributed by atoms with Crippen LogP contribution in [0.1, 0.15) is 48.4 Å². The van der Waals surface area contributed by atoms with Crippen molar-refractivity contribution in [3.05, 3.63) is 22.8 Å². The van der Waals surface area contributed by atoms with E-state index in [1.165, 1.54) is 29.7 Å². The van der Waals surface area contributed by atoms with E-state index in [1.807, 2.05) is 25.6 Å². The van der Waals surface area contributed by atoms with Crippen LogP contribution in [0.25, 0.3) is 0 Å². The largest absolute Gasteiger partial charge is 0.507 e. The molecule has 4 heteroatoms. The Kier molecular flexibility index (Phi) is 3.28. The first-order valence-electron chi connectivity index (χ1n) is 6.87. The summed E-state index contributed by atoms with van der Waals surface area (Å²) in [5, 5.41) is 10.2. The van der Waals surface area contributed by atoms with Crippen LogP contribution in [-0.4, -0.2) is 17.0 Å². The van der Waals surface area contributed by atoms with Crippen molar-refractivity contribution in [2.45, 2.75) is 55.2 Å². The molecule has 0 radical (unpaired) electrons. The molecule has 0 amide bonds. The first kappa shape index (κ1) is 13.3. The second kappa shape index (κ2) is 4.69. The fourth-order valence-corrected chi connectivity index (χ4v) is 5.19. The Bertz CT molecular complexity index is 511. The van der Waals surface area contributed by atoms with Gasteiger partial charge in [0.05, 0.1) is 13.2 Å². The highest BCUT2D eigenvalue weighted by atomic mass is 32.2. The van der Waals surface area contributed by atoms with Gasteiger partial charge in [0, 0.05) is 9.64 Å². The summed E-state index contributed by atoms with van der Waals surface area (Å²) >= 11 is 2.01. The van der Waals surface area contributed by atoms with Gasteiger partial charge in [0.1, 0.15) is 5.75 Å². The zero-order valence-electron chi connectivity index (χ0n) is 11.7. The van der Waals surface area contributed by atoms with Crippen molar-refractivity contribution in [3.63, 3.8) is 0 Å². The molecule has 1 fully saturated rings. The number of aromatic hydroxyl groups is 1. The van der Waals surface area contributed by atoms with Crippen LogP contribution in [0, 0.1) is 13.8 Å². The third-order valence-electron chi connectivity index (χ3n) is 4.52. The molecule has 1 saturated carbocycles. The third kappa shape index (κ3) is 2.06. The topological polar surface area (TPSA) is 41.5 Å². The second-order valence-corrected chi connectivity index (χ2v) is 7.31. The maximum absolute atomic E-state index is 10.2. The first-order chi connectivity index (χ1) is 9.06. The molecule has 0 saturated heterocycles. The minimum atomic E-state index is 0.188. The Morgan fingerprint density at radius 2 is 2.16 bits per heavy atom. The number of rotatable bonds is 2. The predicted molar refractivity (Wildman–Crippen MR) is 77.5 cm³/mol. The molecule has 1 aliphatic carbocycles. The monoisotopic (exact) mass is 279 g/mol. The zero-order chi connectivity index (χ0) is 13.6.